The Bertz CT molecular complexity index is 1340. The second kappa shape index (κ2) is 10.8. The van der Waals surface area contributed by atoms with E-state index in [2.05, 4.69) is 10.0 Å². The Kier molecular flexibility index (Phi) is 7.20. The summed E-state index contributed by atoms with van der Waals surface area (Å²) in [5.41, 5.74) is 12.4. The molecule has 35 heavy (non-hydrogen) atoms. The van der Waals surface area contributed by atoms with Gasteiger partial charge in [-0.05, 0) is 53.1 Å². The molecule has 0 radical (unpaired) electrons. The number of rotatable bonds is 9. The lowest BCUT2D eigenvalue weighted by molar-refractivity contribution is -0.384. The zero-order valence-corrected chi connectivity index (χ0v) is 18.7. The first-order valence-corrected chi connectivity index (χ1v) is 10.8. The van der Waals surface area contributed by atoms with Gasteiger partial charge in [0.15, 0.2) is 0 Å². The Morgan fingerprint density at radius 2 is 1.80 bits per heavy atom. The third-order valence-corrected chi connectivity index (χ3v) is 5.40. The fraction of sp³-hybridized carbons (Fsp3) is 0.115. The van der Waals surface area contributed by atoms with Crippen molar-refractivity contribution in [2.24, 2.45) is 5.11 Å². The van der Waals surface area contributed by atoms with Crippen molar-refractivity contribution in [3.63, 3.8) is 0 Å². The van der Waals surface area contributed by atoms with Crippen LogP contribution in [0.25, 0.3) is 22.1 Å². The maximum Gasteiger partial charge on any atom is 0.269 e. The molecule has 1 heterocycles. The minimum atomic E-state index is -0.440. The number of nitro benzene ring substituents is 1. The van der Waals surface area contributed by atoms with Crippen molar-refractivity contribution >= 4 is 28.9 Å². The van der Waals surface area contributed by atoms with Gasteiger partial charge in [-0.25, -0.2) is 0 Å². The zero-order chi connectivity index (χ0) is 24.6. The van der Waals surface area contributed by atoms with E-state index in [1.807, 2.05) is 48.5 Å². The number of anilines is 1. The Labute approximate surface area is 201 Å². The van der Waals surface area contributed by atoms with E-state index >= 15 is 0 Å². The van der Waals surface area contributed by atoms with Crippen LogP contribution in [0.1, 0.15) is 16.7 Å². The maximum absolute atomic E-state index is 13.3. The zero-order valence-electron chi connectivity index (χ0n) is 18.7. The third kappa shape index (κ3) is 5.55. The first kappa shape index (κ1) is 23.3. The number of allylic oxidation sites excluding steroid dienone is 2. The monoisotopic (exact) mass is 467 g/mol. The van der Waals surface area contributed by atoms with Crippen LogP contribution in [0.4, 0.5) is 11.4 Å². The standard InChI is InChI=1S/C26H21N5O4/c27-29-28-16-17-35-22-14-10-20(11-15-22)18-30-25-7-2-1-5-23(25)24(26(30)32)6-3-4-19-8-12-21(13-9-19)31(33)34/h1-15H,16-18H2/b4-3+,24-6+. The molecule has 174 valence electrons. The van der Waals surface area contributed by atoms with Crippen LogP contribution in [-0.2, 0) is 11.3 Å². The molecule has 0 N–H and O–H groups in total. The highest BCUT2D eigenvalue weighted by Gasteiger charge is 2.31. The molecule has 0 saturated carbocycles. The van der Waals surface area contributed by atoms with Crippen LogP contribution >= 0.6 is 0 Å². The number of azide groups is 1. The fourth-order valence-electron chi connectivity index (χ4n) is 3.71. The molecule has 0 atom stereocenters. The molecule has 0 unspecified atom stereocenters. The summed E-state index contributed by atoms with van der Waals surface area (Å²) in [6.45, 7) is 0.951. The lowest BCUT2D eigenvalue weighted by atomic mass is 10.1. The second-order valence-corrected chi connectivity index (χ2v) is 7.64. The number of carbonyl (C=O) groups is 1. The van der Waals surface area contributed by atoms with Crippen LogP contribution in [0.15, 0.2) is 90.1 Å². The van der Waals surface area contributed by atoms with Gasteiger partial charge in [0.1, 0.15) is 5.75 Å². The van der Waals surface area contributed by atoms with E-state index in [0.717, 1.165) is 22.4 Å². The van der Waals surface area contributed by atoms with Crippen LogP contribution in [-0.4, -0.2) is 24.0 Å². The Morgan fingerprint density at radius 3 is 2.51 bits per heavy atom. The molecule has 3 aromatic carbocycles. The molecule has 0 spiro atoms. The van der Waals surface area contributed by atoms with Gasteiger partial charge in [-0.15, -0.1) is 0 Å². The molecule has 4 rings (SSSR count). The van der Waals surface area contributed by atoms with Gasteiger partial charge in [-0.1, -0.05) is 47.6 Å². The summed E-state index contributed by atoms with van der Waals surface area (Å²) < 4.78 is 5.53. The number of amides is 1. The molecule has 0 bridgehead atoms. The molecule has 0 saturated heterocycles. The van der Waals surface area contributed by atoms with E-state index in [-0.39, 0.29) is 18.1 Å². The molecular formula is C26H21N5O4. The number of ether oxygens (including phenoxy) is 1. The van der Waals surface area contributed by atoms with Gasteiger partial charge in [-0.2, -0.15) is 0 Å². The first-order valence-electron chi connectivity index (χ1n) is 10.8. The summed E-state index contributed by atoms with van der Waals surface area (Å²) in [7, 11) is 0. The van der Waals surface area contributed by atoms with Crippen molar-refractivity contribution in [1.82, 2.24) is 0 Å². The number of benzene rings is 3. The van der Waals surface area contributed by atoms with Gasteiger partial charge < -0.3 is 9.64 Å². The average Bonchev–Trinajstić information content (AvgIpc) is 3.14. The molecule has 1 aliphatic heterocycles. The molecule has 0 aromatic heterocycles. The van der Waals surface area contributed by atoms with Crippen molar-refractivity contribution < 1.29 is 14.5 Å². The van der Waals surface area contributed by atoms with Gasteiger partial charge in [0, 0.05) is 28.2 Å². The van der Waals surface area contributed by atoms with E-state index in [0.29, 0.717) is 24.5 Å². The summed E-state index contributed by atoms with van der Waals surface area (Å²) >= 11 is 0. The molecule has 1 amide bonds. The van der Waals surface area contributed by atoms with Crippen molar-refractivity contribution in [2.75, 3.05) is 18.1 Å². The van der Waals surface area contributed by atoms with Crippen LogP contribution in [0.3, 0.4) is 0 Å². The number of nitrogens with zero attached hydrogens (tertiary/aromatic N) is 5. The van der Waals surface area contributed by atoms with E-state index in [1.54, 1.807) is 35.3 Å². The van der Waals surface area contributed by atoms with Gasteiger partial charge >= 0.3 is 0 Å². The highest BCUT2D eigenvalue weighted by molar-refractivity contribution is 6.32. The van der Waals surface area contributed by atoms with Crippen molar-refractivity contribution in [1.29, 1.82) is 0 Å². The molecule has 3 aromatic rings. The van der Waals surface area contributed by atoms with Crippen molar-refractivity contribution in [3.05, 3.63) is 122 Å². The topological polar surface area (TPSA) is 121 Å². The van der Waals surface area contributed by atoms with Gasteiger partial charge in [0.25, 0.3) is 11.6 Å². The van der Waals surface area contributed by atoms with E-state index < -0.39 is 4.92 Å². The number of non-ortho nitro benzene ring substituents is 1. The predicted molar refractivity (Wildman–Crippen MR) is 134 cm³/mol. The summed E-state index contributed by atoms with van der Waals surface area (Å²) in [5, 5.41) is 14.2. The van der Waals surface area contributed by atoms with Crippen molar-refractivity contribution in [2.45, 2.75) is 6.54 Å². The summed E-state index contributed by atoms with van der Waals surface area (Å²) in [6, 6.07) is 21.3. The molecule has 1 aliphatic rings. The lowest BCUT2D eigenvalue weighted by Crippen LogP contribution is -2.25. The minimum Gasteiger partial charge on any atom is -0.493 e. The number of hydrogen-bond donors (Lipinski definition) is 0. The van der Waals surface area contributed by atoms with Crippen LogP contribution < -0.4 is 9.64 Å². The summed E-state index contributed by atoms with van der Waals surface area (Å²) in [6.07, 6.45) is 5.34. The van der Waals surface area contributed by atoms with Gasteiger partial charge in [0.2, 0.25) is 0 Å². The summed E-state index contributed by atoms with van der Waals surface area (Å²) in [4.78, 5) is 28.1. The predicted octanol–water partition coefficient (Wildman–Crippen LogP) is 5.93. The first-order chi connectivity index (χ1) is 17.1. The number of fused-ring (bicyclic) bond motifs is 1. The minimum absolute atomic E-state index is 0.0313. The lowest BCUT2D eigenvalue weighted by Gasteiger charge is -2.17. The SMILES string of the molecule is [N-]=[N+]=NCCOc1ccc(CN2C(=O)/C(=C/C=C/c3ccc([N+](=O)[O-])cc3)c3ccccc32)cc1. The van der Waals surface area contributed by atoms with E-state index in [1.165, 1.54) is 12.1 Å². The Morgan fingerprint density at radius 1 is 1.06 bits per heavy atom. The van der Waals surface area contributed by atoms with Gasteiger partial charge in [0.05, 0.1) is 30.3 Å². The largest absolute Gasteiger partial charge is 0.493 e. The number of nitro groups is 1. The summed E-state index contributed by atoms with van der Waals surface area (Å²) in [5.74, 6) is 0.557. The second-order valence-electron chi connectivity index (χ2n) is 7.64. The molecule has 9 nitrogen and oxygen atoms in total. The Balaban J connectivity index is 1.49. The highest BCUT2D eigenvalue weighted by atomic mass is 16.6. The molecule has 9 heteroatoms. The Hall–Kier alpha value is -4.88. The normalized spacial score (nSPS) is 13.7. The van der Waals surface area contributed by atoms with Crippen molar-refractivity contribution in [3.8, 4) is 5.75 Å². The highest BCUT2D eigenvalue weighted by Crippen LogP contribution is 2.37. The third-order valence-electron chi connectivity index (χ3n) is 5.40. The quantitative estimate of drug-likeness (QED) is 0.0736. The van der Waals surface area contributed by atoms with E-state index in [4.69, 9.17) is 10.3 Å². The maximum atomic E-state index is 13.3. The number of para-hydroxylation sites is 1. The van der Waals surface area contributed by atoms with Crippen LogP contribution in [0.2, 0.25) is 0 Å². The molecular weight excluding hydrogens is 446 g/mol. The van der Waals surface area contributed by atoms with Gasteiger partial charge in [-0.3, -0.25) is 14.9 Å². The fourth-order valence-corrected chi connectivity index (χ4v) is 3.71. The molecule has 0 aliphatic carbocycles. The number of hydrogen-bond acceptors (Lipinski definition) is 5. The van der Waals surface area contributed by atoms with Crippen LogP contribution in [0, 0.1) is 10.1 Å². The average molecular weight is 467 g/mol. The molecule has 0 fully saturated rings. The van der Waals surface area contributed by atoms with E-state index in [9.17, 15) is 14.9 Å². The van der Waals surface area contributed by atoms with Crippen LogP contribution in [0.5, 0.6) is 5.75 Å². The smallest absolute Gasteiger partial charge is 0.269 e. The number of carbonyl (C=O) groups excluding carboxylic acids is 1.